The second-order valence-corrected chi connectivity index (χ2v) is 7.48. The van der Waals surface area contributed by atoms with Gasteiger partial charge in [-0.2, -0.15) is 0 Å². The molecule has 0 aliphatic heterocycles. The fraction of sp³-hybridized carbons (Fsp3) is 0.200. The van der Waals surface area contributed by atoms with E-state index in [4.69, 9.17) is 5.73 Å². The number of aromatic nitrogens is 1. The highest BCUT2D eigenvalue weighted by Crippen LogP contribution is 2.36. The van der Waals surface area contributed by atoms with E-state index in [1.165, 1.54) is 22.3 Å². The van der Waals surface area contributed by atoms with E-state index in [0.717, 1.165) is 53.8 Å². The molecule has 0 saturated carbocycles. The summed E-state index contributed by atoms with van der Waals surface area (Å²) in [5.41, 5.74) is 9.14. The van der Waals surface area contributed by atoms with Crippen LogP contribution in [0.25, 0.3) is 11.3 Å². The second kappa shape index (κ2) is 6.61. The normalized spacial score (nSPS) is 13.0. The number of benzene rings is 2. The van der Waals surface area contributed by atoms with Crippen LogP contribution in [0.3, 0.4) is 0 Å². The minimum Gasteiger partial charge on any atom is -0.375 e. The van der Waals surface area contributed by atoms with Crippen LogP contribution in [0.4, 0.5) is 13.9 Å². The van der Waals surface area contributed by atoms with Crippen molar-refractivity contribution in [2.75, 3.05) is 5.73 Å². The van der Waals surface area contributed by atoms with E-state index in [1.54, 1.807) is 0 Å². The van der Waals surface area contributed by atoms with Crippen molar-refractivity contribution in [2.24, 2.45) is 0 Å². The summed E-state index contributed by atoms with van der Waals surface area (Å²) < 4.78 is 27.6. The first-order valence-corrected chi connectivity index (χ1v) is 9.19. The molecule has 6 heteroatoms. The van der Waals surface area contributed by atoms with Gasteiger partial charge in [0.05, 0.1) is 11.3 Å². The largest absolute Gasteiger partial charge is 0.375 e. The Labute approximate surface area is 153 Å². The van der Waals surface area contributed by atoms with Crippen LogP contribution in [0.5, 0.6) is 0 Å². The second-order valence-electron chi connectivity index (χ2n) is 6.37. The molecule has 0 spiro atoms. The van der Waals surface area contributed by atoms with Crippen molar-refractivity contribution < 1.29 is 13.6 Å². The maximum Gasteiger partial charge on any atom is 0.180 e. The fourth-order valence-corrected chi connectivity index (χ4v) is 4.31. The van der Waals surface area contributed by atoms with Gasteiger partial charge in [0.2, 0.25) is 0 Å². The molecule has 2 N–H and O–H groups in total. The number of anilines is 1. The summed E-state index contributed by atoms with van der Waals surface area (Å²) in [6, 6.07) is 9.14. The van der Waals surface area contributed by atoms with Crippen molar-refractivity contribution in [3.8, 4) is 11.3 Å². The molecular formula is C20H16F2N2OS. The first-order valence-electron chi connectivity index (χ1n) is 8.37. The quantitative estimate of drug-likeness (QED) is 0.687. The van der Waals surface area contributed by atoms with Crippen molar-refractivity contribution >= 4 is 22.3 Å². The zero-order valence-corrected chi connectivity index (χ0v) is 14.7. The van der Waals surface area contributed by atoms with E-state index in [-0.39, 0.29) is 6.42 Å². The van der Waals surface area contributed by atoms with E-state index in [0.29, 0.717) is 5.13 Å². The lowest BCUT2D eigenvalue weighted by molar-refractivity contribution is 0.0985. The molecule has 0 radical (unpaired) electrons. The number of aryl methyl sites for hydroxylation is 2. The average molecular weight is 370 g/mol. The lowest BCUT2D eigenvalue weighted by Crippen LogP contribution is -2.09. The van der Waals surface area contributed by atoms with Gasteiger partial charge in [-0.25, -0.2) is 13.8 Å². The van der Waals surface area contributed by atoms with Crippen molar-refractivity contribution in [1.29, 1.82) is 0 Å². The van der Waals surface area contributed by atoms with Gasteiger partial charge in [0.15, 0.2) is 10.9 Å². The first kappa shape index (κ1) is 16.8. The van der Waals surface area contributed by atoms with Crippen LogP contribution >= 0.6 is 11.3 Å². The summed E-state index contributed by atoms with van der Waals surface area (Å²) in [6.07, 6.45) is 2.72. The molecule has 1 aromatic heterocycles. The number of nitrogen functional groups attached to an aromatic ring is 1. The van der Waals surface area contributed by atoms with Crippen molar-refractivity contribution in [3.63, 3.8) is 0 Å². The molecule has 1 heterocycles. The molecule has 0 amide bonds. The predicted octanol–water partition coefficient (Wildman–Crippen LogP) is 4.58. The van der Waals surface area contributed by atoms with Crippen LogP contribution in [-0.4, -0.2) is 10.8 Å². The number of carbonyl (C=O) groups excluding carboxylic acids is 1. The Morgan fingerprint density at radius 3 is 2.69 bits per heavy atom. The Morgan fingerprint density at radius 2 is 1.92 bits per heavy atom. The summed E-state index contributed by atoms with van der Waals surface area (Å²) in [4.78, 5) is 18.0. The Bertz CT molecular complexity index is 993. The number of hydrogen-bond donors (Lipinski definition) is 1. The Hall–Kier alpha value is -2.60. The molecular weight excluding hydrogens is 354 g/mol. The molecule has 0 bridgehead atoms. The number of nitrogens with two attached hydrogens (primary N) is 1. The van der Waals surface area contributed by atoms with Crippen LogP contribution in [0.15, 0.2) is 36.4 Å². The summed E-state index contributed by atoms with van der Waals surface area (Å²) >= 11 is 1.51. The molecule has 4 rings (SSSR count). The Morgan fingerprint density at radius 1 is 1.15 bits per heavy atom. The van der Waals surface area contributed by atoms with Gasteiger partial charge >= 0.3 is 0 Å². The zero-order chi connectivity index (χ0) is 18.3. The number of thiazole rings is 1. The SMILES string of the molecule is Nc1nc2c(s1)CCCc1cc(CC(=O)c3c(F)cccc3F)ccc1-2. The fourth-order valence-electron chi connectivity index (χ4n) is 3.42. The maximum absolute atomic E-state index is 13.8. The average Bonchev–Trinajstić information content (AvgIpc) is 2.87. The van der Waals surface area contributed by atoms with E-state index in [2.05, 4.69) is 4.98 Å². The summed E-state index contributed by atoms with van der Waals surface area (Å²) in [7, 11) is 0. The van der Waals surface area contributed by atoms with Gasteiger partial charge in [0.1, 0.15) is 11.6 Å². The summed E-state index contributed by atoms with van der Waals surface area (Å²) in [5, 5.41) is 0.553. The number of halogens is 2. The van der Waals surface area contributed by atoms with E-state index in [1.807, 2.05) is 18.2 Å². The number of nitrogens with zero attached hydrogens (tertiary/aromatic N) is 1. The third kappa shape index (κ3) is 3.01. The van der Waals surface area contributed by atoms with Crippen LogP contribution in [-0.2, 0) is 19.3 Å². The number of fused-ring (bicyclic) bond motifs is 3. The number of rotatable bonds is 3. The highest BCUT2D eigenvalue weighted by molar-refractivity contribution is 7.15. The van der Waals surface area contributed by atoms with Gasteiger partial charge in [-0.15, -0.1) is 11.3 Å². The zero-order valence-electron chi connectivity index (χ0n) is 13.9. The molecule has 3 nitrogen and oxygen atoms in total. The number of Topliss-reactive ketones (excluding diaryl/α,β-unsaturated/α-hetero) is 1. The third-order valence-corrected chi connectivity index (χ3v) is 5.54. The lowest BCUT2D eigenvalue weighted by atomic mass is 9.96. The van der Waals surface area contributed by atoms with Gasteiger partial charge in [0, 0.05) is 16.9 Å². The molecule has 2 aromatic carbocycles. The van der Waals surface area contributed by atoms with E-state index < -0.39 is 23.0 Å². The van der Waals surface area contributed by atoms with Crippen molar-refractivity contribution in [3.05, 3.63) is 69.6 Å². The minimum absolute atomic E-state index is 0.0444. The number of carbonyl (C=O) groups is 1. The Balaban J connectivity index is 1.66. The maximum atomic E-state index is 13.8. The summed E-state index contributed by atoms with van der Waals surface area (Å²) in [5.74, 6) is -2.22. The van der Waals surface area contributed by atoms with E-state index >= 15 is 0 Å². The highest BCUT2D eigenvalue weighted by atomic mass is 32.1. The number of ketones is 1. The molecule has 0 atom stereocenters. The molecule has 1 aliphatic rings. The van der Waals surface area contributed by atoms with Gasteiger partial charge in [-0.1, -0.05) is 24.3 Å². The standard InChI is InChI=1S/C20H16F2N2OS/c21-14-4-2-5-15(22)18(14)16(25)10-11-7-8-13-12(9-11)3-1-6-17-19(13)24-20(23)26-17/h2,4-5,7-9H,1,3,6,10H2,(H2,23,24). The summed E-state index contributed by atoms with van der Waals surface area (Å²) in [6.45, 7) is 0. The Kier molecular flexibility index (Phi) is 4.28. The monoisotopic (exact) mass is 370 g/mol. The topological polar surface area (TPSA) is 56.0 Å². The smallest absolute Gasteiger partial charge is 0.180 e. The molecule has 0 unspecified atom stereocenters. The highest BCUT2D eigenvalue weighted by Gasteiger charge is 2.21. The van der Waals surface area contributed by atoms with Crippen LogP contribution in [0, 0.1) is 11.6 Å². The van der Waals surface area contributed by atoms with Gasteiger partial charge in [-0.05, 0) is 42.5 Å². The minimum atomic E-state index is -0.827. The first-order chi connectivity index (χ1) is 12.5. The predicted molar refractivity (Wildman–Crippen MR) is 98.4 cm³/mol. The third-order valence-electron chi connectivity index (χ3n) is 4.59. The van der Waals surface area contributed by atoms with Crippen LogP contribution in [0.2, 0.25) is 0 Å². The number of hydrogen-bond acceptors (Lipinski definition) is 4. The van der Waals surface area contributed by atoms with Crippen LogP contribution in [0.1, 0.15) is 32.8 Å². The van der Waals surface area contributed by atoms with Gasteiger partial charge in [-0.3, -0.25) is 4.79 Å². The molecule has 0 saturated heterocycles. The lowest BCUT2D eigenvalue weighted by Gasteiger charge is -2.09. The molecule has 3 aromatic rings. The van der Waals surface area contributed by atoms with Gasteiger partial charge < -0.3 is 5.73 Å². The molecule has 132 valence electrons. The van der Waals surface area contributed by atoms with Crippen molar-refractivity contribution in [1.82, 2.24) is 4.98 Å². The van der Waals surface area contributed by atoms with Crippen molar-refractivity contribution in [2.45, 2.75) is 25.7 Å². The van der Waals surface area contributed by atoms with Crippen LogP contribution < -0.4 is 5.73 Å². The van der Waals surface area contributed by atoms with E-state index in [9.17, 15) is 13.6 Å². The molecule has 26 heavy (non-hydrogen) atoms. The molecule has 1 aliphatic carbocycles. The van der Waals surface area contributed by atoms with Gasteiger partial charge in [0.25, 0.3) is 0 Å². The molecule has 0 fully saturated rings.